The highest BCUT2D eigenvalue weighted by molar-refractivity contribution is 7.09. The molecule has 1 atom stereocenters. The van der Waals surface area contributed by atoms with Gasteiger partial charge in [0.15, 0.2) is 11.5 Å². The molecule has 2 heterocycles. The predicted molar refractivity (Wildman–Crippen MR) is 96.0 cm³/mol. The molecule has 1 aromatic heterocycles. The van der Waals surface area contributed by atoms with Crippen LogP contribution in [0, 0.1) is 0 Å². The zero-order valence-electron chi connectivity index (χ0n) is 14.1. The van der Waals surface area contributed by atoms with Gasteiger partial charge in [0.2, 0.25) is 6.79 Å². The van der Waals surface area contributed by atoms with Crippen molar-refractivity contribution in [3.05, 3.63) is 46.2 Å². The Labute approximate surface area is 151 Å². The Kier molecular flexibility index (Phi) is 5.22. The van der Waals surface area contributed by atoms with Gasteiger partial charge in [-0.05, 0) is 42.0 Å². The molecule has 0 radical (unpaired) electrons. The van der Waals surface area contributed by atoms with Crippen LogP contribution in [0.3, 0.4) is 0 Å². The SMILES string of the molecule is OC(COCc1ccc2c(c1)OCO2)CN(Cc1cccs1)C1CC1. The zero-order valence-corrected chi connectivity index (χ0v) is 14.9. The average Bonchev–Trinajstić information content (AvgIpc) is 3.13. The summed E-state index contributed by atoms with van der Waals surface area (Å²) in [6.45, 7) is 2.65. The maximum atomic E-state index is 10.3. The molecule has 0 bridgehead atoms. The summed E-state index contributed by atoms with van der Waals surface area (Å²) in [4.78, 5) is 3.72. The third-order valence-corrected chi connectivity index (χ3v) is 5.32. The maximum absolute atomic E-state index is 10.3. The standard InChI is InChI=1S/C19H23NO4S/c21-16(9-20(15-4-5-15)10-17-2-1-7-25-17)12-22-11-14-3-6-18-19(8-14)24-13-23-18/h1-3,6-8,15-16,21H,4-5,9-13H2. The van der Waals surface area contributed by atoms with E-state index in [0.29, 0.717) is 25.8 Å². The van der Waals surface area contributed by atoms with Crippen molar-refractivity contribution in [2.75, 3.05) is 19.9 Å². The first kappa shape index (κ1) is 16.8. The normalized spacial score (nSPS) is 17.2. The van der Waals surface area contributed by atoms with Gasteiger partial charge in [0.1, 0.15) is 0 Å². The molecule has 2 aromatic rings. The number of thiophene rings is 1. The lowest BCUT2D eigenvalue weighted by atomic mass is 10.2. The van der Waals surface area contributed by atoms with Crippen LogP contribution in [0.4, 0.5) is 0 Å². The highest BCUT2D eigenvalue weighted by Gasteiger charge is 2.30. The predicted octanol–water partition coefficient (Wildman–Crippen LogP) is 3.02. The van der Waals surface area contributed by atoms with Crippen molar-refractivity contribution in [1.29, 1.82) is 0 Å². The van der Waals surface area contributed by atoms with Crippen molar-refractivity contribution in [1.82, 2.24) is 4.90 Å². The average molecular weight is 361 g/mol. The minimum absolute atomic E-state index is 0.277. The van der Waals surface area contributed by atoms with Crippen LogP contribution in [0.2, 0.25) is 0 Å². The Morgan fingerprint density at radius 2 is 2.12 bits per heavy atom. The first-order valence-corrected chi connectivity index (χ1v) is 9.56. The van der Waals surface area contributed by atoms with Crippen LogP contribution in [-0.4, -0.2) is 42.1 Å². The molecule has 1 aliphatic heterocycles. The van der Waals surface area contributed by atoms with E-state index in [0.717, 1.165) is 23.6 Å². The van der Waals surface area contributed by atoms with Crippen molar-refractivity contribution in [3.8, 4) is 11.5 Å². The van der Waals surface area contributed by atoms with Crippen molar-refractivity contribution in [2.45, 2.75) is 38.1 Å². The first-order valence-electron chi connectivity index (χ1n) is 8.69. The highest BCUT2D eigenvalue weighted by Crippen LogP contribution is 2.32. The van der Waals surface area contributed by atoms with Gasteiger partial charge in [-0.15, -0.1) is 11.3 Å². The summed E-state index contributed by atoms with van der Waals surface area (Å²) in [6.07, 6.45) is 1.99. The van der Waals surface area contributed by atoms with Gasteiger partial charge < -0.3 is 19.3 Å². The fourth-order valence-corrected chi connectivity index (χ4v) is 3.78. The van der Waals surface area contributed by atoms with Crippen LogP contribution in [0.5, 0.6) is 11.5 Å². The van der Waals surface area contributed by atoms with Gasteiger partial charge >= 0.3 is 0 Å². The Hall–Kier alpha value is -1.60. The van der Waals surface area contributed by atoms with Crippen molar-refractivity contribution in [3.63, 3.8) is 0 Å². The maximum Gasteiger partial charge on any atom is 0.231 e. The number of ether oxygens (including phenoxy) is 3. The van der Waals surface area contributed by atoms with E-state index in [4.69, 9.17) is 14.2 Å². The molecular weight excluding hydrogens is 338 g/mol. The number of hydrogen-bond donors (Lipinski definition) is 1. The van der Waals surface area contributed by atoms with E-state index in [9.17, 15) is 5.11 Å². The van der Waals surface area contributed by atoms with Crippen LogP contribution in [0.1, 0.15) is 23.3 Å². The van der Waals surface area contributed by atoms with E-state index >= 15 is 0 Å². The number of aliphatic hydroxyl groups excluding tert-OH is 1. The molecule has 1 unspecified atom stereocenters. The molecular formula is C19H23NO4S. The van der Waals surface area contributed by atoms with Gasteiger partial charge in [0, 0.05) is 24.0 Å². The molecule has 0 saturated heterocycles. The van der Waals surface area contributed by atoms with Crippen LogP contribution < -0.4 is 9.47 Å². The van der Waals surface area contributed by atoms with Crippen LogP contribution in [0.15, 0.2) is 35.7 Å². The van der Waals surface area contributed by atoms with Gasteiger partial charge in [-0.3, -0.25) is 4.90 Å². The summed E-state index contributed by atoms with van der Waals surface area (Å²) in [6, 6.07) is 10.6. The van der Waals surface area contributed by atoms with Crippen molar-refractivity contribution >= 4 is 11.3 Å². The quantitative estimate of drug-likeness (QED) is 0.744. The van der Waals surface area contributed by atoms with E-state index in [1.165, 1.54) is 17.7 Å². The molecule has 0 amide bonds. The number of aliphatic hydroxyl groups is 1. The molecule has 5 nitrogen and oxygen atoms in total. The summed E-state index contributed by atoms with van der Waals surface area (Å²) >= 11 is 1.77. The molecule has 25 heavy (non-hydrogen) atoms. The Bertz CT molecular complexity index is 687. The fraction of sp³-hybridized carbons (Fsp3) is 0.474. The van der Waals surface area contributed by atoms with Crippen LogP contribution in [-0.2, 0) is 17.9 Å². The Morgan fingerprint density at radius 3 is 2.92 bits per heavy atom. The van der Waals surface area contributed by atoms with Gasteiger partial charge in [0.05, 0.1) is 19.3 Å². The number of rotatable bonds is 9. The van der Waals surface area contributed by atoms with Crippen molar-refractivity contribution in [2.24, 2.45) is 0 Å². The first-order chi connectivity index (χ1) is 12.3. The lowest BCUT2D eigenvalue weighted by Crippen LogP contribution is -2.35. The highest BCUT2D eigenvalue weighted by atomic mass is 32.1. The summed E-state index contributed by atoms with van der Waals surface area (Å²) in [5.74, 6) is 1.54. The minimum atomic E-state index is -0.477. The lowest BCUT2D eigenvalue weighted by molar-refractivity contribution is 0.00719. The van der Waals surface area contributed by atoms with E-state index in [1.54, 1.807) is 11.3 Å². The summed E-state index contributed by atoms with van der Waals surface area (Å²) in [5, 5.41) is 12.5. The van der Waals surface area contributed by atoms with Crippen LogP contribution in [0.25, 0.3) is 0 Å². The van der Waals surface area contributed by atoms with E-state index in [2.05, 4.69) is 22.4 Å². The lowest BCUT2D eigenvalue weighted by Gasteiger charge is -2.24. The molecule has 2 aliphatic rings. The molecule has 6 heteroatoms. The zero-order chi connectivity index (χ0) is 17.1. The van der Waals surface area contributed by atoms with E-state index in [-0.39, 0.29) is 6.79 Å². The van der Waals surface area contributed by atoms with Gasteiger partial charge in [-0.2, -0.15) is 0 Å². The number of nitrogens with zero attached hydrogens (tertiary/aromatic N) is 1. The molecule has 1 saturated carbocycles. The molecule has 4 rings (SSSR count). The smallest absolute Gasteiger partial charge is 0.231 e. The van der Waals surface area contributed by atoms with Gasteiger partial charge in [0.25, 0.3) is 0 Å². The largest absolute Gasteiger partial charge is 0.454 e. The Morgan fingerprint density at radius 1 is 1.24 bits per heavy atom. The fourth-order valence-electron chi connectivity index (χ4n) is 3.05. The second kappa shape index (κ2) is 7.74. The van der Waals surface area contributed by atoms with E-state index in [1.807, 2.05) is 18.2 Å². The molecule has 134 valence electrons. The molecule has 1 aromatic carbocycles. The summed E-state index contributed by atoms with van der Waals surface area (Å²) in [5.41, 5.74) is 1.02. The number of benzene rings is 1. The number of fused-ring (bicyclic) bond motifs is 1. The Balaban J connectivity index is 1.23. The monoisotopic (exact) mass is 361 g/mol. The third-order valence-electron chi connectivity index (χ3n) is 4.46. The topological polar surface area (TPSA) is 51.2 Å². The van der Waals surface area contributed by atoms with Crippen LogP contribution >= 0.6 is 11.3 Å². The second-order valence-corrected chi connectivity index (χ2v) is 7.63. The van der Waals surface area contributed by atoms with Gasteiger partial charge in [-0.25, -0.2) is 0 Å². The molecule has 1 fully saturated rings. The summed E-state index contributed by atoms with van der Waals surface area (Å²) in [7, 11) is 0. The van der Waals surface area contributed by atoms with E-state index < -0.39 is 6.10 Å². The third kappa shape index (κ3) is 4.52. The molecule has 1 aliphatic carbocycles. The van der Waals surface area contributed by atoms with Crippen molar-refractivity contribution < 1.29 is 19.3 Å². The number of hydrogen-bond acceptors (Lipinski definition) is 6. The minimum Gasteiger partial charge on any atom is -0.454 e. The molecule has 1 N–H and O–H groups in total. The summed E-state index contributed by atoms with van der Waals surface area (Å²) < 4.78 is 16.4. The molecule has 0 spiro atoms. The van der Waals surface area contributed by atoms with Gasteiger partial charge in [-0.1, -0.05) is 12.1 Å². The second-order valence-electron chi connectivity index (χ2n) is 6.60.